The van der Waals surface area contributed by atoms with Crippen LogP contribution in [0.1, 0.15) is 34.3 Å². The minimum absolute atomic E-state index is 0.0270. The van der Waals surface area contributed by atoms with Gasteiger partial charge in [-0.25, -0.2) is 4.39 Å². The van der Waals surface area contributed by atoms with Crippen LogP contribution in [-0.4, -0.2) is 28.9 Å². The number of pyridine rings is 1. The standard InChI is InChI=1S/C28H23F4N3O/c29-24-14-22-13-18(17-35-11-1-2-12-35)16-33-25(22)15-26(24)34-27(36)21-5-3-19(4-6-21)20-7-9-23(10-8-20)28(30,31)32/h3-10,13-16H,1-2,11-12,17H2,(H,34,36). The maximum Gasteiger partial charge on any atom is 0.416 e. The van der Waals surface area contributed by atoms with Gasteiger partial charge in [0.25, 0.3) is 5.91 Å². The molecule has 1 aliphatic rings. The molecule has 4 aromatic rings. The van der Waals surface area contributed by atoms with E-state index < -0.39 is 23.5 Å². The number of alkyl halides is 3. The molecule has 1 N–H and O–H groups in total. The average Bonchev–Trinajstić information content (AvgIpc) is 3.37. The normalized spacial score (nSPS) is 14.3. The molecule has 0 aliphatic carbocycles. The smallest absolute Gasteiger partial charge is 0.319 e. The molecule has 0 spiro atoms. The average molecular weight is 494 g/mol. The Balaban J connectivity index is 1.29. The number of carbonyl (C=O) groups excluding carboxylic acids is 1. The molecule has 0 unspecified atom stereocenters. The third-order valence-electron chi connectivity index (χ3n) is 6.37. The summed E-state index contributed by atoms with van der Waals surface area (Å²) >= 11 is 0. The molecule has 1 fully saturated rings. The Morgan fingerprint density at radius 1 is 0.917 bits per heavy atom. The SMILES string of the molecule is O=C(Nc1cc2ncc(CN3CCCC3)cc2cc1F)c1ccc(-c2ccc(C(F)(F)F)cc2)cc1. The molecule has 1 amide bonds. The number of nitrogens with one attached hydrogen (secondary N) is 1. The van der Waals surface area contributed by atoms with Crippen molar-refractivity contribution in [2.75, 3.05) is 18.4 Å². The second-order valence-corrected chi connectivity index (χ2v) is 8.96. The van der Waals surface area contributed by atoms with Crippen LogP contribution in [0.25, 0.3) is 22.0 Å². The van der Waals surface area contributed by atoms with Crippen LogP contribution < -0.4 is 5.32 Å². The number of halogens is 4. The Morgan fingerprint density at radius 2 is 1.56 bits per heavy atom. The Bertz CT molecular complexity index is 1390. The predicted octanol–water partition coefficient (Wildman–Crippen LogP) is 6.91. The summed E-state index contributed by atoms with van der Waals surface area (Å²) in [5.74, 6) is -1.06. The monoisotopic (exact) mass is 493 g/mol. The van der Waals surface area contributed by atoms with Crippen molar-refractivity contribution in [1.82, 2.24) is 9.88 Å². The molecule has 2 heterocycles. The molecule has 3 aromatic carbocycles. The maximum atomic E-state index is 14.8. The zero-order chi connectivity index (χ0) is 25.3. The number of carbonyl (C=O) groups is 1. The lowest BCUT2D eigenvalue weighted by atomic mass is 10.0. The van der Waals surface area contributed by atoms with Crippen LogP contribution in [0.4, 0.5) is 23.2 Å². The summed E-state index contributed by atoms with van der Waals surface area (Å²) in [7, 11) is 0. The summed E-state index contributed by atoms with van der Waals surface area (Å²) < 4.78 is 53.1. The van der Waals surface area contributed by atoms with Gasteiger partial charge in [0.15, 0.2) is 0 Å². The fourth-order valence-electron chi connectivity index (χ4n) is 4.44. The Labute approximate surface area is 205 Å². The summed E-state index contributed by atoms with van der Waals surface area (Å²) in [6.07, 6.45) is -0.235. The molecule has 0 bridgehead atoms. The molecule has 0 atom stereocenters. The first-order valence-corrected chi connectivity index (χ1v) is 11.7. The summed E-state index contributed by atoms with van der Waals surface area (Å²) in [4.78, 5) is 19.5. The highest BCUT2D eigenvalue weighted by Gasteiger charge is 2.30. The number of nitrogens with zero attached hydrogens (tertiary/aromatic N) is 2. The first-order chi connectivity index (χ1) is 17.3. The zero-order valence-electron chi connectivity index (χ0n) is 19.3. The van der Waals surface area contributed by atoms with E-state index in [9.17, 15) is 22.4 Å². The van der Waals surface area contributed by atoms with Crippen molar-refractivity contribution >= 4 is 22.5 Å². The van der Waals surface area contributed by atoms with Crippen LogP contribution in [0.5, 0.6) is 0 Å². The lowest BCUT2D eigenvalue weighted by molar-refractivity contribution is -0.137. The van der Waals surface area contributed by atoms with Gasteiger partial charge in [0, 0.05) is 23.7 Å². The van der Waals surface area contributed by atoms with Crippen molar-refractivity contribution in [1.29, 1.82) is 0 Å². The van der Waals surface area contributed by atoms with Crippen LogP contribution in [0.2, 0.25) is 0 Å². The molecule has 36 heavy (non-hydrogen) atoms. The molecular formula is C28H23F4N3O. The molecule has 4 nitrogen and oxygen atoms in total. The molecule has 8 heteroatoms. The minimum Gasteiger partial charge on any atom is -0.319 e. The number of hydrogen-bond acceptors (Lipinski definition) is 3. The summed E-state index contributed by atoms with van der Waals surface area (Å²) in [6, 6.07) is 16.0. The van der Waals surface area contributed by atoms with Gasteiger partial charge < -0.3 is 5.32 Å². The van der Waals surface area contributed by atoms with E-state index in [2.05, 4.69) is 15.2 Å². The Hall–Kier alpha value is -3.78. The third kappa shape index (κ3) is 5.23. The minimum atomic E-state index is -4.40. The fourth-order valence-corrected chi connectivity index (χ4v) is 4.44. The topological polar surface area (TPSA) is 45.2 Å². The third-order valence-corrected chi connectivity index (χ3v) is 6.37. The number of benzene rings is 3. The van der Waals surface area contributed by atoms with Crippen LogP contribution in [0.15, 0.2) is 72.9 Å². The van der Waals surface area contributed by atoms with Gasteiger partial charge in [-0.2, -0.15) is 13.2 Å². The van der Waals surface area contributed by atoms with Crippen molar-refractivity contribution < 1.29 is 22.4 Å². The van der Waals surface area contributed by atoms with Gasteiger partial charge in [0.05, 0.1) is 16.8 Å². The summed E-state index contributed by atoms with van der Waals surface area (Å²) in [5, 5.41) is 3.26. The lowest BCUT2D eigenvalue weighted by Crippen LogP contribution is -2.18. The van der Waals surface area contributed by atoms with Crippen LogP contribution in [-0.2, 0) is 12.7 Å². The van der Waals surface area contributed by atoms with E-state index in [0.717, 1.165) is 37.3 Å². The molecule has 1 aliphatic heterocycles. The van der Waals surface area contributed by atoms with E-state index in [1.165, 1.54) is 37.1 Å². The van der Waals surface area contributed by atoms with Gasteiger partial charge in [-0.15, -0.1) is 0 Å². The van der Waals surface area contributed by atoms with Gasteiger partial charge in [-0.1, -0.05) is 24.3 Å². The van der Waals surface area contributed by atoms with Crippen LogP contribution >= 0.6 is 0 Å². The quantitative estimate of drug-likeness (QED) is 0.308. The molecule has 5 rings (SSSR count). The van der Waals surface area contributed by atoms with Gasteiger partial charge in [-0.3, -0.25) is 14.7 Å². The highest BCUT2D eigenvalue weighted by atomic mass is 19.4. The first-order valence-electron chi connectivity index (χ1n) is 11.7. The first kappa shape index (κ1) is 23.9. The van der Waals surface area contributed by atoms with E-state index >= 15 is 0 Å². The van der Waals surface area contributed by atoms with Crippen molar-refractivity contribution in [3.63, 3.8) is 0 Å². The number of rotatable bonds is 5. The number of fused-ring (bicyclic) bond motifs is 1. The summed E-state index contributed by atoms with van der Waals surface area (Å²) in [5.41, 5.74) is 2.44. The van der Waals surface area contributed by atoms with Crippen LogP contribution in [0.3, 0.4) is 0 Å². The number of likely N-dealkylation sites (tertiary alicyclic amines) is 1. The predicted molar refractivity (Wildman–Crippen MR) is 131 cm³/mol. The van der Waals surface area contributed by atoms with Gasteiger partial charge in [0.2, 0.25) is 0 Å². The van der Waals surface area contributed by atoms with E-state index in [0.29, 0.717) is 27.6 Å². The Kier molecular flexibility index (Phi) is 6.45. The van der Waals surface area contributed by atoms with Crippen molar-refractivity contribution in [3.05, 3.63) is 95.4 Å². The molecule has 1 aromatic heterocycles. The highest BCUT2D eigenvalue weighted by Crippen LogP contribution is 2.31. The van der Waals surface area contributed by atoms with Crippen LogP contribution in [0, 0.1) is 5.82 Å². The molecular weight excluding hydrogens is 470 g/mol. The van der Waals surface area contributed by atoms with Gasteiger partial charge in [-0.05, 0) is 85.1 Å². The number of aromatic nitrogens is 1. The van der Waals surface area contributed by atoms with E-state index in [4.69, 9.17) is 0 Å². The van der Waals surface area contributed by atoms with Crippen molar-refractivity contribution in [2.24, 2.45) is 0 Å². The van der Waals surface area contributed by atoms with Crippen molar-refractivity contribution in [3.8, 4) is 11.1 Å². The Morgan fingerprint density at radius 3 is 2.19 bits per heavy atom. The van der Waals surface area contributed by atoms with E-state index in [-0.39, 0.29) is 5.69 Å². The lowest BCUT2D eigenvalue weighted by Gasteiger charge is -2.15. The summed E-state index contributed by atoms with van der Waals surface area (Å²) in [6.45, 7) is 2.90. The maximum absolute atomic E-state index is 14.8. The second-order valence-electron chi connectivity index (χ2n) is 8.96. The van der Waals surface area contributed by atoms with Crippen molar-refractivity contribution in [2.45, 2.75) is 25.6 Å². The largest absolute Gasteiger partial charge is 0.416 e. The van der Waals surface area contributed by atoms with Gasteiger partial charge in [0.1, 0.15) is 5.82 Å². The highest BCUT2D eigenvalue weighted by molar-refractivity contribution is 6.05. The fraction of sp³-hybridized carbons (Fsp3) is 0.214. The second kappa shape index (κ2) is 9.70. The number of amides is 1. The zero-order valence-corrected chi connectivity index (χ0v) is 19.3. The molecule has 1 saturated heterocycles. The molecule has 184 valence electrons. The molecule has 0 saturated carbocycles. The molecule has 0 radical (unpaired) electrons. The van der Waals surface area contributed by atoms with E-state index in [1.807, 2.05) is 6.07 Å². The number of anilines is 1. The van der Waals surface area contributed by atoms with E-state index in [1.54, 1.807) is 30.5 Å². The van der Waals surface area contributed by atoms with Gasteiger partial charge >= 0.3 is 6.18 Å². The number of hydrogen-bond donors (Lipinski definition) is 1.